The zero-order chi connectivity index (χ0) is 9.35. The molecule has 4 atom stereocenters. The molecule has 1 saturated heterocycles. The fraction of sp³-hybridized carbons (Fsp3) is 1.00. The lowest BCUT2D eigenvalue weighted by atomic mass is 9.98. The minimum Gasteiger partial charge on any atom is -0.387 e. The fourth-order valence-electron chi connectivity index (χ4n) is 1.14. The van der Waals surface area contributed by atoms with Gasteiger partial charge in [-0.2, -0.15) is 0 Å². The molecule has 5 nitrogen and oxygen atoms in total. The van der Waals surface area contributed by atoms with E-state index in [2.05, 4.69) is 4.74 Å². The van der Waals surface area contributed by atoms with Crippen LogP contribution in [-0.4, -0.2) is 53.1 Å². The highest BCUT2D eigenvalue weighted by molar-refractivity contribution is 4.90. The van der Waals surface area contributed by atoms with Crippen LogP contribution in [0.5, 0.6) is 0 Å². The van der Waals surface area contributed by atoms with Gasteiger partial charge in [-0.3, -0.25) is 0 Å². The average molecular weight is 178 g/mol. The molecule has 3 N–H and O–H groups in total. The first-order valence-corrected chi connectivity index (χ1v) is 3.76. The van der Waals surface area contributed by atoms with Crippen molar-refractivity contribution in [2.75, 3.05) is 13.7 Å². The Morgan fingerprint density at radius 1 is 1.50 bits per heavy atom. The number of aliphatic hydroxyl groups excluding tert-OH is 2. The maximum Gasteiger partial charge on any atom is 0.218 e. The van der Waals surface area contributed by atoms with E-state index >= 15 is 0 Å². The molecule has 1 fully saturated rings. The Kier molecular flexibility index (Phi) is 2.70. The van der Waals surface area contributed by atoms with Crippen molar-refractivity contribution in [1.29, 1.82) is 0 Å². The summed E-state index contributed by atoms with van der Waals surface area (Å²) in [5, 5.41) is 28.1. The molecule has 4 unspecified atom stereocenters. The third kappa shape index (κ3) is 1.46. The predicted octanol–water partition coefficient (Wildman–Crippen LogP) is -1.54. The normalized spacial score (nSPS) is 49.2. The maximum absolute atomic E-state index is 9.48. The Bertz CT molecular complexity index is 162. The Morgan fingerprint density at radius 2 is 2.08 bits per heavy atom. The van der Waals surface area contributed by atoms with Crippen molar-refractivity contribution in [3.63, 3.8) is 0 Å². The number of ether oxygens (including phenoxy) is 2. The second-order valence-electron chi connectivity index (χ2n) is 3.00. The molecular weight excluding hydrogens is 164 g/mol. The Labute approximate surface area is 70.5 Å². The molecule has 0 spiro atoms. The van der Waals surface area contributed by atoms with Gasteiger partial charge in [-0.1, -0.05) is 0 Å². The molecule has 0 amide bonds. The molecule has 72 valence electrons. The van der Waals surface area contributed by atoms with Crippen LogP contribution < -0.4 is 0 Å². The van der Waals surface area contributed by atoms with Gasteiger partial charge in [-0.15, -0.1) is 0 Å². The zero-order valence-corrected chi connectivity index (χ0v) is 7.10. The van der Waals surface area contributed by atoms with Crippen molar-refractivity contribution in [2.24, 2.45) is 0 Å². The van der Waals surface area contributed by atoms with Gasteiger partial charge in [0, 0.05) is 7.11 Å². The molecule has 1 aliphatic rings. The van der Waals surface area contributed by atoms with E-state index in [1.54, 1.807) is 6.92 Å². The van der Waals surface area contributed by atoms with E-state index in [4.69, 9.17) is 4.74 Å². The minimum absolute atomic E-state index is 0.136. The van der Waals surface area contributed by atoms with Crippen molar-refractivity contribution in [2.45, 2.75) is 31.0 Å². The maximum atomic E-state index is 9.48. The van der Waals surface area contributed by atoms with Gasteiger partial charge >= 0.3 is 0 Å². The highest BCUT2D eigenvalue weighted by Gasteiger charge is 2.47. The van der Waals surface area contributed by atoms with Crippen LogP contribution in [0.3, 0.4) is 0 Å². The molecule has 1 aliphatic heterocycles. The van der Waals surface area contributed by atoms with Crippen LogP contribution in [0.2, 0.25) is 0 Å². The van der Waals surface area contributed by atoms with Gasteiger partial charge in [-0.25, -0.2) is 0 Å². The number of hydrogen-bond acceptors (Lipinski definition) is 5. The van der Waals surface area contributed by atoms with E-state index in [1.807, 2.05) is 0 Å². The highest BCUT2D eigenvalue weighted by Crippen LogP contribution is 2.24. The Hall–Kier alpha value is -0.200. The first-order chi connectivity index (χ1) is 5.51. The van der Waals surface area contributed by atoms with E-state index in [9.17, 15) is 15.3 Å². The van der Waals surface area contributed by atoms with E-state index in [0.717, 1.165) is 0 Å². The van der Waals surface area contributed by atoms with E-state index in [-0.39, 0.29) is 6.61 Å². The van der Waals surface area contributed by atoms with Crippen LogP contribution in [0.4, 0.5) is 0 Å². The van der Waals surface area contributed by atoms with Crippen LogP contribution in [0.15, 0.2) is 0 Å². The number of hydrogen-bond donors (Lipinski definition) is 3. The van der Waals surface area contributed by atoms with Crippen molar-refractivity contribution >= 4 is 0 Å². The largest absolute Gasteiger partial charge is 0.387 e. The highest BCUT2D eigenvalue weighted by atomic mass is 16.7. The summed E-state index contributed by atoms with van der Waals surface area (Å²) < 4.78 is 9.61. The molecule has 1 rings (SSSR count). The summed E-state index contributed by atoms with van der Waals surface area (Å²) in [6.07, 6.45) is -2.94. The lowest BCUT2D eigenvalue weighted by Gasteiger charge is -2.40. The first kappa shape index (κ1) is 9.88. The van der Waals surface area contributed by atoms with Crippen LogP contribution in [0.1, 0.15) is 6.92 Å². The smallest absolute Gasteiger partial charge is 0.218 e. The van der Waals surface area contributed by atoms with E-state index < -0.39 is 24.1 Å². The fourth-order valence-corrected chi connectivity index (χ4v) is 1.14. The molecule has 12 heavy (non-hydrogen) atoms. The summed E-state index contributed by atoms with van der Waals surface area (Å²) in [6.45, 7) is 1.48. The Morgan fingerprint density at radius 3 is 2.58 bits per heavy atom. The van der Waals surface area contributed by atoms with Gasteiger partial charge < -0.3 is 24.8 Å². The summed E-state index contributed by atoms with van der Waals surface area (Å²) in [4.78, 5) is 0. The molecule has 0 radical (unpaired) electrons. The second kappa shape index (κ2) is 3.27. The number of methoxy groups -OCH3 is 1. The Balaban J connectivity index is 2.71. The second-order valence-corrected chi connectivity index (χ2v) is 3.00. The van der Waals surface area contributed by atoms with Crippen molar-refractivity contribution in [3.8, 4) is 0 Å². The number of aliphatic hydroxyl groups is 3. The molecule has 0 bridgehead atoms. The standard InChI is InChI=1S/C7H14O5/c1-4-5(8)6(9)7(10,11-2)3-12-4/h4-6,8-10H,3H2,1-2H3. The van der Waals surface area contributed by atoms with Gasteiger partial charge in [0.15, 0.2) is 0 Å². The topological polar surface area (TPSA) is 79.2 Å². The molecule has 0 aromatic heterocycles. The summed E-state index contributed by atoms with van der Waals surface area (Å²) >= 11 is 0. The summed E-state index contributed by atoms with van der Waals surface area (Å²) in [7, 11) is 1.25. The van der Waals surface area contributed by atoms with Gasteiger partial charge in [-0.05, 0) is 6.92 Å². The summed E-state index contributed by atoms with van der Waals surface area (Å²) in [5.74, 6) is -1.79. The van der Waals surface area contributed by atoms with Gasteiger partial charge in [0.1, 0.15) is 18.8 Å². The summed E-state index contributed by atoms with van der Waals surface area (Å²) in [5.41, 5.74) is 0. The zero-order valence-electron chi connectivity index (χ0n) is 7.10. The van der Waals surface area contributed by atoms with Crippen LogP contribution in [-0.2, 0) is 9.47 Å². The van der Waals surface area contributed by atoms with Crippen LogP contribution in [0, 0.1) is 0 Å². The molecule has 0 aromatic rings. The molecule has 0 saturated carbocycles. The van der Waals surface area contributed by atoms with Gasteiger partial charge in [0.2, 0.25) is 5.79 Å². The van der Waals surface area contributed by atoms with E-state index in [1.165, 1.54) is 7.11 Å². The summed E-state index contributed by atoms with van der Waals surface area (Å²) in [6, 6.07) is 0. The minimum atomic E-state index is -1.79. The molecule has 0 aliphatic carbocycles. The van der Waals surface area contributed by atoms with Gasteiger partial charge in [0.05, 0.1) is 6.10 Å². The molecule has 5 heteroatoms. The third-order valence-corrected chi connectivity index (χ3v) is 2.17. The third-order valence-electron chi connectivity index (χ3n) is 2.17. The number of rotatable bonds is 1. The van der Waals surface area contributed by atoms with Crippen LogP contribution >= 0.6 is 0 Å². The predicted molar refractivity (Wildman–Crippen MR) is 39.4 cm³/mol. The van der Waals surface area contributed by atoms with Crippen molar-refractivity contribution in [1.82, 2.24) is 0 Å². The lowest BCUT2D eigenvalue weighted by molar-refractivity contribution is -0.324. The SMILES string of the molecule is COC1(O)COC(C)C(O)C1O. The van der Waals surface area contributed by atoms with Crippen molar-refractivity contribution in [3.05, 3.63) is 0 Å². The monoisotopic (exact) mass is 178 g/mol. The van der Waals surface area contributed by atoms with Crippen LogP contribution in [0.25, 0.3) is 0 Å². The quantitative estimate of drug-likeness (QED) is 0.424. The first-order valence-electron chi connectivity index (χ1n) is 3.76. The molecule has 1 heterocycles. The molecule has 0 aromatic carbocycles. The van der Waals surface area contributed by atoms with Crippen molar-refractivity contribution < 1.29 is 24.8 Å². The van der Waals surface area contributed by atoms with Gasteiger partial charge in [0.25, 0.3) is 0 Å². The lowest BCUT2D eigenvalue weighted by Crippen LogP contribution is -2.61. The molecular formula is C7H14O5. The van der Waals surface area contributed by atoms with E-state index in [0.29, 0.717) is 0 Å². The average Bonchev–Trinajstić information content (AvgIpc) is 2.09.